The van der Waals surface area contributed by atoms with Gasteiger partial charge in [0.25, 0.3) is 5.91 Å². The van der Waals surface area contributed by atoms with E-state index in [1.54, 1.807) is 26.4 Å². The van der Waals surface area contributed by atoms with Crippen LogP contribution in [0.5, 0.6) is 17.2 Å². The van der Waals surface area contributed by atoms with Gasteiger partial charge in [-0.25, -0.2) is 0 Å². The van der Waals surface area contributed by atoms with Crippen LogP contribution in [0.2, 0.25) is 0 Å². The Morgan fingerprint density at radius 2 is 1.63 bits per heavy atom. The molecule has 3 aromatic rings. The number of methoxy groups -OCH3 is 2. The number of amides is 1. The summed E-state index contributed by atoms with van der Waals surface area (Å²) in [7, 11) is 3.23. The highest BCUT2D eigenvalue weighted by Gasteiger charge is 2.14. The largest absolute Gasteiger partial charge is 0.497 e. The number of benzene rings is 3. The van der Waals surface area contributed by atoms with Crippen molar-refractivity contribution in [3.63, 3.8) is 0 Å². The van der Waals surface area contributed by atoms with Gasteiger partial charge in [-0.1, -0.05) is 25.1 Å². The average molecular weight is 405 g/mol. The Hall–Kier alpha value is -3.47. The van der Waals surface area contributed by atoms with Gasteiger partial charge in [0.15, 0.2) is 0 Å². The fraction of sp³-hybridized carbons (Fsp3) is 0.240. The van der Waals surface area contributed by atoms with Gasteiger partial charge in [0.2, 0.25) is 0 Å². The van der Waals surface area contributed by atoms with Crippen molar-refractivity contribution in [2.75, 3.05) is 19.5 Å². The van der Waals surface area contributed by atoms with E-state index < -0.39 is 0 Å². The predicted octanol–water partition coefficient (Wildman–Crippen LogP) is 5.41. The second-order valence-corrected chi connectivity index (χ2v) is 6.91. The molecule has 1 N–H and O–H groups in total. The Balaban J connectivity index is 1.78. The zero-order valence-electron chi connectivity index (χ0n) is 17.8. The standard InChI is InChI=1S/C25H27NO4/c1-5-18-8-6-7-17(2)24(18)26-25(27)19-9-14-23(29-4)20(15-19)16-30-22-12-10-21(28-3)11-13-22/h6-15H,5,16H2,1-4H3,(H,26,27). The van der Waals surface area contributed by atoms with Gasteiger partial charge in [-0.2, -0.15) is 0 Å². The van der Waals surface area contributed by atoms with E-state index in [0.717, 1.165) is 34.5 Å². The van der Waals surface area contributed by atoms with Crippen LogP contribution in [-0.2, 0) is 13.0 Å². The van der Waals surface area contributed by atoms with Gasteiger partial charge in [0, 0.05) is 16.8 Å². The lowest BCUT2D eigenvalue weighted by Crippen LogP contribution is -2.15. The minimum atomic E-state index is -0.160. The molecule has 0 spiro atoms. The summed E-state index contributed by atoms with van der Waals surface area (Å²) >= 11 is 0. The molecule has 0 saturated carbocycles. The first-order valence-corrected chi connectivity index (χ1v) is 9.89. The fourth-order valence-corrected chi connectivity index (χ4v) is 3.25. The van der Waals surface area contributed by atoms with Crippen LogP contribution in [0.3, 0.4) is 0 Å². The lowest BCUT2D eigenvalue weighted by atomic mass is 10.0. The third-order valence-electron chi connectivity index (χ3n) is 4.97. The number of para-hydroxylation sites is 1. The number of nitrogens with one attached hydrogen (secondary N) is 1. The van der Waals surface area contributed by atoms with Crippen molar-refractivity contribution in [1.82, 2.24) is 0 Å². The quantitative estimate of drug-likeness (QED) is 0.545. The molecule has 3 rings (SSSR count). The molecule has 5 heteroatoms. The van der Waals surface area contributed by atoms with E-state index in [0.29, 0.717) is 17.1 Å². The predicted molar refractivity (Wildman–Crippen MR) is 119 cm³/mol. The van der Waals surface area contributed by atoms with Crippen molar-refractivity contribution in [2.45, 2.75) is 26.9 Å². The molecule has 0 aliphatic rings. The third-order valence-corrected chi connectivity index (χ3v) is 4.97. The number of carbonyl (C=O) groups is 1. The molecule has 0 fully saturated rings. The Morgan fingerprint density at radius 3 is 2.30 bits per heavy atom. The van der Waals surface area contributed by atoms with Gasteiger partial charge in [-0.3, -0.25) is 4.79 Å². The van der Waals surface area contributed by atoms with Crippen LogP contribution in [0, 0.1) is 6.92 Å². The number of anilines is 1. The molecular formula is C25H27NO4. The van der Waals surface area contributed by atoms with Crippen LogP contribution in [0.15, 0.2) is 60.7 Å². The van der Waals surface area contributed by atoms with E-state index in [1.165, 1.54) is 0 Å². The maximum absolute atomic E-state index is 12.9. The molecule has 0 aliphatic carbocycles. The molecule has 5 nitrogen and oxygen atoms in total. The number of hydrogen-bond donors (Lipinski definition) is 1. The lowest BCUT2D eigenvalue weighted by molar-refractivity contribution is 0.102. The molecule has 0 aromatic heterocycles. The van der Waals surface area contributed by atoms with E-state index in [1.807, 2.05) is 55.5 Å². The molecule has 0 saturated heterocycles. The van der Waals surface area contributed by atoms with Crippen molar-refractivity contribution in [1.29, 1.82) is 0 Å². The van der Waals surface area contributed by atoms with E-state index >= 15 is 0 Å². The normalized spacial score (nSPS) is 10.4. The second-order valence-electron chi connectivity index (χ2n) is 6.91. The summed E-state index contributed by atoms with van der Waals surface area (Å²) in [4.78, 5) is 12.9. The van der Waals surface area contributed by atoms with Crippen molar-refractivity contribution in [3.05, 3.63) is 82.9 Å². The first-order chi connectivity index (χ1) is 14.5. The summed E-state index contributed by atoms with van der Waals surface area (Å²) in [5.74, 6) is 1.99. The highest BCUT2D eigenvalue weighted by molar-refractivity contribution is 6.05. The van der Waals surface area contributed by atoms with E-state index in [2.05, 4.69) is 12.2 Å². The first-order valence-electron chi connectivity index (χ1n) is 9.89. The summed E-state index contributed by atoms with van der Waals surface area (Å²) in [6.45, 7) is 4.35. The van der Waals surface area contributed by atoms with Crippen LogP contribution < -0.4 is 19.5 Å². The van der Waals surface area contributed by atoms with Gasteiger partial charge in [0.1, 0.15) is 23.9 Å². The topological polar surface area (TPSA) is 56.8 Å². The molecule has 0 heterocycles. The first kappa shape index (κ1) is 21.2. The second kappa shape index (κ2) is 9.83. The monoisotopic (exact) mass is 405 g/mol. The summed E-state index contributed by atoms with van der Waals surface area (Å²) in [5, 5.41) is 3.06. The number of carbonyl (C=O) groups excluding carboxylic acids is 1. The smallest absolute Gasteiger partial charge is 0.255 e. The van der Waals surface area contributed by atoms with Crippen molar-refractivity contribution < 1.29 is 19.0 Å². The Bertz CT molecular complexity index is 1010. The Morgan fingerprint density at radius 1 is 0.900 bits per heavy atom. The van der Waals surface area contributed by atoms with E-state index in [4.69, 9.17) is 14.2 Å². The summed E-state index contributed by atoms with van der Waals surface area (Å²) < 4.78 is 16.5. The molecule has 1 amide bonds. The number of rotatable bonds is 8. The van der Waals surface area contributed by atoms with Gasteiger partial charge in [-0.05, 0) is 66.9 Å². The van der Waals surface area contributed by atoms with Crippen molar-refractivity contribution in [2.24, 2.45) is 0 Å². The SMILES string of the molecule is CCc1cccc(C)c1NC(=O)c1ccc(OC)c(COc2ccc(OC)cc2)c1. The molecular weight excluding hydrogens is 378 g/mol. The van der Waals surface area contributed by atoms with Crippen molar-refractivity contribution in [3.8, 4) is 17.2 Å². The van der Waals surface area contributed by atoms with Crippen molar-refractivity contribution >= 4 is 11.6 Å². The minimum Gasteiger partial charge on any atom is -0.497 e. The highest BCUT2D eigenvalue weighted by Crippen LogP contribution is 2.26. The fourth-order valence-electron chi connectivity index (χ4n) is 3.25. The maximum Gasteiger partial charge on any atom is 0.255 e. The van der Waals surface area contributed by atoms with E-state index in [9.17, 15) is 4.79 Å². The molecule has 0 atom stereocenters. The Kier molecular flexibility index (Phi) is 6.96. The average Bonchev–Trinajstić information content (AvgIpc) is 2.79. The summed E-state index contributed by atoms with van der Waals surface area (Å²) in [5.41, 5.74) is 4.37. The number of aryl methyl sites for hydroxylation is 2. The van der Waals surface area contributed by atoms with Gasteiger partial charge < -0.3 is 19.5 Å². The summed E-state index contributed by atoms with van der Waals surface area (Å²) in [6, 6.07) is 18.7. The molecule has 3 aromatic carbocycles. The zero-order chi connectivity index (χ0) is 21.5. The third kappa shape index (κ3) is 4.92. The molecule has 0 radical (unpaired) electrons. The minimum absolute atomic E-state index is 0.160. The van der Waals surface area contributed by atoms with Crippen LogP contribution in [0.25, 0.3) is 0 Å². The molecule has 0 bridgehead atoms. The van der Waals surface area contributed by atoms with Crippen LogP contribution in [0.4, 0.5) is 5.69 Å². The molecule has 0 unspecified atom stereocenters. The lowest BCUT2D eigenvalue weighted by Gasteiger charge is -2.15. The highest BCUT2D eigenvalue weighted by atomic mass is 16.5. The molecule has 30 heavy (non-hydrogen) atoms. The number of ether oxygens (including phenoxy) is 3. The van der Waals surface area contributed by atoms with Gasteiger partial charge in [0.05, 0.1) is 14.2 Å². The van der Waals surface area contributed by atoms with Crippen LogP contribution in [-0.4, -0.2) is 20.1 Å². The van der Waals surface area contributed by atoms with Crippen LogP contribution in [0.1, 0.15) is 34.0 Å². The van der Waals surface area contributed by atoms with E-state index in [-0.39, 0.29) is 12.5 Å². The molecule has 156 valence electrons. The van der Waals surface area contributed by atoms with Gasteiger partial charge in [-0.15, -0.1) is 0 Å². The number of hydrogen-bond acceptors (Lipinski definition) is 4. The zero-order valence-corrected chi connectivity index (χ0v) is 17.8. The van der Waals surface area contributed by atoms with Gasteiger partial charge >= 0.3 is 0 Å². The maximum atomic E-state index is 12.9. The van der Waals surface area contributed by atoms with Crippen LogP contribution >= 0.6 is 0 Å². The Labute approximate surface area is 177 Å². The molecule has 0 aliphatic heterocycles. The summed E-state index contributed by atoms with van der Waals surface area (Å²) in [6.07, 6.45) is 0.848.